The van der Waals surface area contributed by atoms with Crippen molar-refractivity contribution in [2.24, 2.45) is 5.41 Å². The molecule has 1 aromatic carbocycles. The van der Waals surface area contributed by atoms with Crippen molar-refractivity contribution in [1.82, 2.24) is 0 Å². The van der Waals surface area contributed by atoms with E-state index < -0.39 is 0 Å². The lowest BCUT2D eigenvalue weighted by Gasteiger charge is -2.42. The monoisotopic (exact) mass is 270 g/mol. The van der Waals surface area contributed by atoms with Crippen LogP contribution >= 0.6 is 0 Å². The first kappa shape index (κ1) is 13.4. The van der Waals surface area contributed by atoms with Gasteiger partial charge in [0.1, 0.15) is 5.75 Å². The molecule has 0 heterocycles. The number of hydrogen-bond acceptors (Lipinski definition) is 2. The molecule has 0 aliphatic heterocycles. The van der Waals surface area contributed by atoms with Gasteiger partial charge in [-0.2, -0.15) is 0 Å². The van der Waals surface area contributed by atoms with Crippen LogP contribution in [-0.2, 0) is 11.2 Å². The van der Waals surface area contributed by atoms with Gasteiger partial charge >= 0.3 is 0 Å². The smallest absolute Gasteiger partial charge is 0.155 e. The van der Waals surface area contributed by atoms with Gasteiger partial charge in [-0.3, -0.25) is 4.79 Å². The van der Waals surface area contributed by atoms with Crippen molar-refractivity contribution >= 4 is 5.78 Å². The highest BCUT2D eigenvalue weighted by atomic mass is 16.5. The topological polar surface area (TPSA) is 26.3 Å². The number of fused-ring (bicyclic) bond motifs is 1. The average Bonchev–Trinajstić information content (AvgIpc) is 2.48. The third-order valence-corrected chi connectivity index (χ3v) is 4.89. The molecule has 0 N–H and O–H groups in total. The molecule has 1 aromatic rings. The van der Waals surface area contributed by atoms with Crippen molar-refractivity contribution in [1.29, 1.82) is 0 Å². The van der Waals surface area contributed by atoms with Crippen LogP contribution in [0.5, 0.6) is 5.75 Å². The maximum Gasteiger partial charge on any atom is 0.155 e. The molecule has 2 nitrogen and oxygen atoms in total. The summed E-state index contributed by atoms with van der Waals surface area (Å²) in [5, 5.41) is 0. The molecule has 0 aromatic heterocycles. The molecule has 0 saturated heterocycles. The quantitative estimate of drug-likeness (QED) is 0.827. The molecular weight excluding hydrogens is 248 g/mol. The first-order chi connectivity index (χ1) is 9.72. The van der Waals surface area contributed by atoms with Crippen LogP contribution in [0, 0.1) is 5.41 Å². The summed E-state index contributed by atoms with van der Waals surface area (Å²) in [7, 11) is 1.71. The van der Waals surface area contributed by atoms with Gasteiger partial charge in [0.25, 0.3) is 0 Å². The van der Waals surface area contributed by atoms with Gasteiger partial charge in [-0.15, -0.1) is 0 Å². The lowest BCUT2D eigenvalue weighted by molar-refractivity contribution is -0.116. The van der Waals surface area contributed by atoms with E-state index in [4.69, 9.17) is 4.74 Å². The Balaban J connectivity index is 1.90. The summed E-state index contributed by atoms with van der Waals surface area (Å²) in [6.45, 7) is 0. The Bertz CT molecular complexity index is 544. The third kappa shape index (κ3) is 2.52. The molecule has 2 heteroatoms. The standard InChI is InChI=1S/C18H22O2/c1-20-17-7-4-5-14(11-17)13-18-9-3-2-6-15(18)12-16(19)8-10-18/h4-5,7,11-12H,2-3,6,8-10,13H2,1H3. The normalized spacial score (nSPS) is 25.9. The number of benzene rings is 1. The number of allylic oxidation sites excluding steroid dienone is 2. The van der Waals surface area contributed by atoms with Crippen LogP contribution in [0.15, 0.2) is 35.9 Å². The van der Waals surface area contributed by atoms with E-state index in [0.717, 1.165) is 25.0 Å². The summed E-state index contributed by atoms with van der Waals surface area (Å²) < 4.78 is 5.33. The minimum absolute atomic E-state index is 0.235. The van der Waals surface area contributed by atoms with Crippen LogP contribution in [0.1, 0.15) is 44.1 Å². The molecule has 20 heavy (non-hydrogen) atoms. The predicted molar refractivity (Wildman–Crippen MR) is 79.9 cm³/mol. The summed E-state index contributed by atoms with van der Waals surface area (Å²) in [5.41, 5.74) is 2.97. The number of carbonyl (C=O) groups is 1. The first-order valence-corrected chi connectivity index (χ1v) is 7.59. The van der Waals surface area contributed by atoms with Gasteiger partial charge in [0, 0.05) is 6.42 Å². The molecule has 1 saturated carbocycles. The van der Waals surface area contributed by atoms with E-state index in [1.54, 1.807) is 7.11 Å². The first-order valence-electron chi connectivity index (χ1n) is 7.59. The summed E-state index contributed by atoms with van der Waals surface area (Å²) in [5.74, 6) is 1.25. The fraction of sp³-hybridized carbons (Fsp3) is 0.500. The summed E-state index contributed by atoms with van der Waals surface area (Å²) in [6, 6.07) is 8.37. The van der Waals surface area contributed by atoms with Crippen molar-refractivity contribution in [2.75, 3.05) is 7.11 Å². The average molecular weight is 270 g/mol. The molecule has 2 aliphatic carbocycles. The lowest BCUT2D eigenvalue weighted by atomic mass is 9.62. The van der Waals surface area contributed by atoms with E-state index in [1.807, 2.05) is 12.1 Å². The molecule has 1 unspecified atom stereocenters. The Kier molecular flexibility index (Phi) is 3.64. The molecule has 2 aliphatic rings. The van der Waals surface area contributed by atoms with Gasteiger partial charge in [-0.05, 0) is 61.3 Å². The van der Waals surface area contributed by atoms with Gasteiger partial charge in [0.15, 0.2) is 5.78 Å². The van der Waals surface area contributed by atoms with Crippen LogP contribution < -0.4 is 4.74 Å². The summed E-state index contributed by atoms with van der Waals surface area (Å²) >= 11 is 0. The highest BCUT2D eigenvalue weighted by Gasteiger charge is 2.39. The van der Waals surface area contributed by atoms with Crippen molar-refractivity contribution in [2.45, 2.75) is 44.9 Å². The fourth-order valence-electron chi connectivity index (χ4n) is 3.81. The minimum atomic E-state index is 0.235. The Morgan fingerprint density at radius 3 is 2.95 bits per heavy atom. The maximum absolute atomic E-state index is 11.7. The molecule has 0 spiro atoms. The van der Waals surface area contributed by atoms with Crippen molar-refractivity contribution in [3.8, 4) is 5.75 Å². The van der Waals surface area contributed by atoms with E-state index in [0.29, 0.717) is 12.2 Å². The summed E-state index contributed by atoms with van der Waals surface area (Å²) in [4.78, 5) is 11.7. The Morgan fingerprint density at radius 2 is 2.10 bits per heavy atom. The van der Waals surface area contributed by atoms with Crippen molar-refractivity contribution < 1.29 is 9.53 Å². The number of methoxy groups -OCH3 is 1. The minimum Gasteiger partial charge on any atom is -0.497 e. The zero-order chi connectivity index (χ0) is 14.0. The van der Waals surface area contributed by atoms with E-state index >= 15 is 0 Å². The Morgan fingerprint density at radius 1 is 1.20 bits per heavy atom. The molecule has 0 amide bonds. The molecule has 3 rings (SSSR count). The van der Waals surface area contributed by atoms with Crippen LogP contribution in [0.4, 0.5) is 0 Å². The van der Waals surface area contributed by atoms with Crippen LogP contribution in [0.2, 0.25) is 0 Å². The predicted octanol–water partition coefficient (Wildman–Crippen LogP) is 4.09. The number of ketones is 1. The van der Waals surface area contributed by atoms with Gasteiger partial charge < -0.3 is 4.74 Å². The highest BCUT2D eigenvalue weighted by molar-refractivity contribution is 5.91. The molecule has 1 atom stereocenters. The zero-order valence-electron chi connectivity index (χ0n) is 12.2. The third-order valence-electron chi connectivity index (χ3n) is 4.89. The number of carbonyl (C=O) groups excluding carboxylic acids is 1. The molecular formula is C18H22O2. The highest BCUT2D eigenvalue weighted by Crippen LogP contribution is 2.49. The van der Waals surface area contributed by atoms with Gasteiger partial charge in [0.05, 0.1) is 7.11 Å². The van der Waals surface area contributed by atoms with Gasteiger partial charge in [-0.25, -0.2) is 0 Å². The number of rotatable bonds is 3. The van der Waals surface area contributed by atoms with E-state index in [9.17, 15) is 4.79 Å². The van der Waals surface area contributed by atoms with E-state index in [-0.39, 0.29) is 5.41 Å². The van der Waals surface area contributed by atoms with Crippen LogP contribution in [0.3, 0.4) is 0 Å². The second-order valence-corrected chi connectivity index (χ2v) is 6.15. The van der Waals surface area contributed by atoms with Gasteiger partial charge in [0.2, 0.25) is 0 Å². The van der Waals surface area contributed by atoms with E-state index in [1.165, 1.54) is 30.4 Å². The van der Waals surface area contributed by atoms with Gasteiger partial charge in [-0.1, -0.05) is 24.1 Å². The number of ether oxygens (including phenoxy) is 1. The summed E-state index contributed by atoms with van der Waals surface area (Å²) in [6.07, 6.45) is 9.59. The van der Waals surface area contributed by atoms with Crippen LogP contribution in [0.25, 0.3) is 0 Å². The fourth-order valence-corrected chi connectivity index (χ4v) is 3.81. The Hall–Kier alpha value is -1.57. The SMILES string of the molecule is COc1cccc(CC23CCCCC2=CC(=O)CC3)c1. The van der Waals surface area contributed by atoms with Crippen molar-refractivity contribution in [3.05, 3.63) is 41.5 Å². The lowest BCUT2D eigenvalue weighted by Crippen LogP contribution is -2.33. The second kappa shape index (κ2) is 5.43. The Labute approximate surface area is 120 Å². The van der Waals surface area contributed by atoms with Crippen molar-refractivity contribution in [3.63, 3.8) is 0 Å². The second-order valence-electron chi connectivity index (χ2n) is 6.15. The van der Waals surface area contributed by atoms with E-state index in [2.05, 4.69) is 18.2 Å². The number of hydrogen-bond donors (Lipinski definition) is 0. The maximum atomic E-state index is 11.7. The molecule has 0 bridgehead atoms. The largest absolute Gasteiger partial charge is 0.497 e. The van der Waals surface area contributed by atoms with Crippen LogP contribution in [-0.4, -0.2) is 12.9 Å². The molecule has 106 valence electrons. The molecule has 0 radical (unpaired) electrons. The molecule has 1 fully saturated rings. The zero-order valence-corrected chi connectivity index (χ0v) is 12.2.